The van der Waals surface area contributed by atoms with Gasteiger partial charge in [0.05, 0.1) is 56.3 Å². The Morgan fingerprint density at radius 1 is 0.441 bits per heavy atom. The monoisotopic (exact) mass is 2120 g/mol. The fourth-order valence-electron chi connectivity index (χ4n) is 21.7. The quantitative estimate of drug-likeness (QED) is 0.0352. The largest absolute Gasteiger partial charge is 0.462 e. The third kappa shape index (κ3) is 28.8. The summed E-state index contributed by atoms with van der Waals surface area (Å²) in [6, 6.07) is 2.15. The van der Waals surface area contributed by atoms with E-state index in [0.29, 0.717) is 49.9 Å². The lowest BCUT2D eigenvalue weighted by Gasteiger charge is -2.47. The van der Waals surface area contributed by atoms with Gasteiger partial charge in [-0.05, 0) is 292 Å². The number of nitrogens with zero attached hydrogens (tertiary/aromatic N) is 1. The van der Waals surface area contributed by atoms with E-state index in [1.807, 2.05) is 55.4 Å². The molecule has 0 spiro atoms. The van der Waals surface area contributed by atoms with E-state index < -0.39 is 215 Å². The van der Waals surface area contributed by atoms with E-state index in [9.17, 15) is 142 Å². The summed E-state index contributed by atoms with van der Waals surface area (Å²) in [5.41, 5.74) is -14.3. The van der Waals surface area contributed by atoms with Gasteiger partial charge in [0.1, 0.15) is 42.2 Å². The Morgan fingerprint density at radius 3 is 1.26 bits per heavy atom. The van der Waals surface area contributed by atoms with Crippen LogP contribution in [0.3, 0.4) is 0 Å². The van der Waals surface area contributed by atoms with Crippen LogP contribution in [-0.4, -0.2) is 179 Å². The number of carbonyl (C=O) groups is 10. The van der Waals surface area contributed by atoms with Crippen molar-refractivity contribution in [1.29, 1.82) is 5.26 Å². The highest BCUT2D eigenvalue weighted by molar-refractivity contribution is 5.87. The molecule has 41 heteroatoms. The number of carbonyl (C=O) groups excluding carboxylic acids is 10. The van der Waals surface area contributed by atoms with E-state index in [1.165, 1.54) is 58.8 Å². The van der Waals surface area contributed by atoms with E-state index in [1.54, 1.807) is 62.3 Å². The fraction of sp³-hybridized carbons (Fsp3) is 0.894. The number of hydrogen-bond acceptors (Lipinski definition) is 23. The third-order valence-electron chi connectivity index (χ3n) is 34.3. The maximum Gasteiger partial charge on any atom is 0.426 e. The summed E-state index contributed by atoms with van der Waals surface area (Å²) >= 11 is 0. The second kappa shape index (κ2) is 47.0. The van der Waals surface area contributed by atoms with Crippen LogP contribution >= 0.6 is 0 Å². The van der Waals surface area contributed by atoms with Gasteiger partial charge in [-0.25, -0.2) is 0 Å². The van der Waals surface area contributed by atoms with Gasteiger partial charge in [-0.2, -0.15) is 84.3 Å². The number of rotatable bonds is 26. The Hall–Kier alpha value is -7.15. The number of fused-ring (bicyclic) bond motifs is 11. The van der Waals surface area contributed by atoms with Crippen molar-refractivity contribution in [2.24, 2.45) is 138 Å². The first-order valence-corrected chi connectivity index (χ1v) is 50.7. The van der Waals surface area contributed by atoms with Crippen molar-refractivity contribution >= 4 is 59.7 Å². The van der Waals surface area contributed by atoms with Crippen LogP contribution in [0.1, 0.15) is 342 Å². The van der Waals surface area contributed by atoms with Gasteiger partial charge < -0.3 is 57.6 Å². The van der Waals surface area contributed by atoms with E-state index in [2.05, 4.69) is 54.9 Å². The number of esters is 10. The summed E-state index contributed by atoms with van der Waals surface area (Å²) in [6.45, 7) is 44.2. The molecular formula is C104H159F18NO22. The van der Waals surface area contributed by atoms with Gasteiger partial charge in [-0.1, -0.05) is 90.5 Å². The van der Waals surface area contributed by atoms with Crippen molar-refractivity contribution in [1.82, 2.24) is 0 Å². The fourth-order valence-corrected chi connectivity index (χ4v) is 21.7. The van der Waals surface area contributed by atoms with Crippen LogP contribution in [0, 0.1) is 149 Å². The molecule has 23 nitrogen and oxygen atoms in total. The number of ether oxygens (including phenoxy) is 10. The molecule has 838 valence electrons. The van der Waals surface area contributed by atoms with Crippen molar-refractivity contribution < 1.29 is 185 Å². The van der Waals surface area contributed by atoms with Crippen LogP contribution in [0.25, 0.3) is 0 Å². The average Bonchev–Trinajstić information content (AvgIpc) is 1.55. The van der Waals surface area contributed by atoms with Crippen molar-refractivity contribution in [2.75, 3.05) is 6.61 Å². The lowest BCUT2D eigenvalue weighted by atomic mass is 9.65. The zero-order valence-corrected chi connectivity index (χ0v) is 88.1. The summed E-state index contributed by atoms with van der Waals surface area (Å²) in [6.07, 6.45) is -25.0. The minimum atomic E-state index is -6.28. The molecule has 2 saturated heterocycles. The normalized spacial score (nSPS) is 31.2. The number of nitriles is 1. The molecule has 0 aromatic carbocycles. The van der Waals surface area contributed by atoms with Crippen molar-refractivity contribution in [2.45, 2.75) is 445 Å². The van der Waals surface area contributed by atoms with Crippen LogP contribution < -0.4 is 0 Å². The van der Waals surface area contributed by atoms with Gasteiger partial charge >= 0.3 is 96.8 Å². The molecule has 145 heavy (non-hydrogen) atoms. The first kappa shape index (κ1) is 128. The Labute approximate surface area is 841 Å². The van der Waals surface area contributed by atoms with Crippen LogP contribution in [0.2, 0.25) is 0 Å². The van der Waals surface area contributed by atoms with Crippen molar-refractivity contribution in [3.05, 3.63) is 0 Å². The minimum Gasteiger partial charge on any atom is -0.462 e. The third-order valence-corrected chi connectivity index (χ3v) is 34.3. The highest BCUT2D eigenvalue weighted by atomic mass is 19.4. The summed E-state index contributed by atoms with van der Waals surface area (Å²) in [4.78, 5) is 120. The van der Waals surface area contributed by atoms with E-state index in [0.717, 1.165) is 87.9 Å². The predicted molar refractivity (Wildman–Crippen MR) is 492 cm³/mol. The van der Waals surface area contributed by atoms with E-state index >= 15 is 0 Å². The summed E-state index contributed by atoms with van der Waals surface area (Å²) in [5.74, 6) is -7.14. The summed E-state index contributed by atoms with van der Waals surface area (Å²) < 4.78 is 281. The van der Waals surface area contributed by atoms with Crippen LogP contribution in [0.4, 0.5) is 79.0 Å². The van der Waals surface area contributed by atoms with Crippen LogP contribution in [-0.2, 0) is 95.3 Å². The highest BCUT2D eigenvalue weighted by Gasteiger charge is 2.77. The first-order valence-electron chi connectivity index (χ1n) is 50.7. The van der Waals surface area contributed by atoms with Crippen LogP contribution in [0.5, 0.6) is 0 Å². The maximum absolute atomic E-state index is 13.3. The number of hydrogen-bond donors (Lipinski definition) is 2. The molecule has 25 atom stereocenters. The summed E-state index contributed by atoms with van der Waals surface area (Å²) in [7, 11) is 0. The van der Waals surface area contributed by atoms with Crippen molar-refractivity contribution in [3.8, 4) is 6.07 Å². The molecule has 12 aliphatic rings. The van der Waals surface area contributed by atoms with Gasteiger partial charge in [-0.3, -0.25) is 47.9 Å². The molecule has 0 aromatic heterocycles. The molecule has 2 heterocycles. The second-order valence-corrected chi connectivity index (χ2v) is 47.1. The molecule has 10 aliphatic carbocycles. The Kier molecular flexibility index (Phi) is 41.6. The SMILES string of the molecule is C.CCC(C)(C)C(=O)OC(C)C(F)(F)F.CCC(C)(C)C(=O)OC(C)C(F)(F)F.CCC(C)(C)C(=O)OC1C2CC3C1OC(=O)C3(C#N)C2.CCC(C)(C)C(=O)OC1C2CC3C1OC(=O)C3C2C(=O)OCC(F)(F)F.CCC(C)(C)C(=O)OC1CC(C(C)(O)C(F)(F)F)CC(C(O)(C(F)(F)F)C(F)(F)F)C1.CCC(C)(C)C(=O)OC1CCC(C(C)(C)C)CC1.CCC(C)C(=O)OC1(CC)CC2CC1C1C3CCC(C3)C21. The second-order valence-electron chi connectivity index (χ2n) is 47.1. The minimum absolute atomic E-state index is 0. The van der Waals surface area contributed by atoms with Gasteiger partial charge in [0.2, 0.25) is 0 Å². The van der Waals surface area contributed by atoms with Crippen molar-refractivity contribution in [3.63, 3.8) is 0 Å². The zero-order valence-electron chi connectivity index (χ0n) is 88.1. The molecular weight excluding hydrogens is 1960 g/mol. The lowest BCUT2D eigenvalue weighted by Crippen LogP contribution is -2.64. The Morgan fingerprint density at radius 2 is 0.855 bits per heavy atom. The number of halogens is 18. The zero-order chi connectivity index (χ0) is 111. The smallest absolute Gasteiger partial charge is 0.426 e. The number of alkyl halides is 18. The maximum atomic E-state index is 13.3. The molecule has 10 saturated carbocycles. The highest BCUT2D eigenvalue weighted by Crippen LogP contribution is 2.72. The molecule has 0 radical (unpaired) electrons. The lowest BCUT2D eigenvalue weighted by molar-refractivity contribution is -0.391. The molecule has 8 bridgehead atoms. The van der Waals surface area contributed by atoms with E-state index in [-0.39, 0.29) is 85.6 Å². The Bertz CT molecular complexity index is 4390. The topological polar surface area (TPSA) is 327 Å². The number of aliphatic hydroxyl groups is 2. The van der Waals surface area contributed by atoms with Gasteiger partial charge in [-0.15, -0.1) is 0 Å². The molecule has 2 aliphatic heterocycles. The predicted octanol–water partition coefficient (Wildman–Crippen LogP) is 24.4. The Balaban J connectivity index is 0.000000302. The standard InChI is InChI=1S/C19H30O2.C18H25F9O4.C17H21F3O6.C16H30O2.C15H19NO4.2C9H15F3O2.CH4/c1-4-11(3)18(20)21-19(5-2)10-14-9-15(19)17-13-7-6-12(8-13)16(14)17;1-5-13(2,3)12(28)31-11-7-9(14(4,29)16(19,20)21)6-10(8-11)15(30,17(22,23)24)18(25,26)27;1-4-16(2,3)15(23)26-12-7-5-8-10(14(22)25-11(8)12)9(7)13(21)24-6-17(18,19)20;1-7-16(5,6)14(17)18-13-10-8-12(9-11-13)15(2,3)4;1-4-14(2,3)12(17)19-10-8-5-9-11(10)20-13(18)15(9,6-8)7-16;2*1-5-8(3,4)7(13)14-6(2)9(10,11)12;/h11-17H,4-10H2,1-3H3;9-11,29-30H,5-8H2,1-4H3;7-12H,4-6H2,1-3H3;12-13H,7-11H2,1-6H3;8-11H,4-6H2,1-3H3;2*6H,5H2,1-4H3;1H4. The molecule has 0 amide bonds. The van der Waals surface area contributed by atoms with Gasteiger partial charge in [0, 0.05) is 41.4 Å². The molecule has 0 aromatic rings. The molecule has 25 unspecified atom stereocenters. The average molecular weight is 2120 g/mol. The van der Waals surface area contributed by atoms with E-state index in [4.69, 9.17) is 33.2 Å². The van der Waals surface area contributed by atoms with Gasteiger partial charge in [0.15, 0.2) is 29.8 Å². The molecule has 12 rings (SSSR count). The van der Waals surface area contributed by atoms with Gasteiger partial charge in [0.25, 0.3) is 5.60 Å². The molecule has 2 N–H and O–H groups in total. The van der Waals surface area contributed by atoms with Crippen LogP contribution in [0.15, 0.2) is 0 Å². The molecule has 12 fully saturated rings. The first-order chi connectivity index (χ1) is 65.3. The summed E-state index contributed by atoms with van der Waals surface area (Å²) in [5, 5.41) is 28.9.